The lowest BCUT2D eigenvalue weighted by molar-refractivity contribution is -0.122. The van der Waals surface area contributed by atoms with E-state index in [4.69, 9.17) is 0 Å². The van der Waals surface area contributed by atoms with E-state index in [-0.39, 0.29) is 5.57 Å². The molecule has 150 valence electrons. The van der Waals surface area contributed by atoms with Crippen LogP contribution in [0.5, 0.6) is 0 Å². The summed E-state index contributed by atoms with van der Waals surface area (Å²) in [5, 5.41) is 2.27. The minimum atomic E-state index is -0.753. The lowest BCUT2D eigenvalue weighted by Gasteiger charge is -2.27. The van der Waals surface area contributed by atoms with E-state index in [0.29, 0.717) is 11.3 Å². The molecule has 0 bridgehead atoms. The molecule has 0 spiro atoms. The van der Waals surface area contributed by atoms with Crippen LogP contribution < -0.4 is 10.2 Å². The molecule has 1 fully saturated rings. The fourth-order valence-electron chi connectivity index (χ4n) is 3.66. The van der Waals surface area contributed by atoms with Crippen molar-refractivity contribution in [2.75, 3.05) is 4.90 Å². The normalized spacial score (nSPS) is 15.6. The van der Waals surface area contributed by atoms with Gasteiger partial charge in [0, 0.05) is 17.6 Å². The zero-order valence-electron chi connectivity index (χ0n) is 16.8. The maximum atomic E-state index is 13.1. The van der Waals surface area contributed by atoms with Gasteiger partial charge in [-0.1, -0.05) is 18.2 Å². The summed E-state index contributed by atoms with van der Waals surface area (Å²) in [6.07, 6.45) is 4.97. The number of aryl methyl sites for hydroxylation is 2. The van der Waals surface area contributed by atoms with Crippen molar-refractivity contribution in [1.29, 1.82) is 0 Å². The summed E-state index contributed by atoms with van der Waals surface area (Å²) >= 11 is 0. The average Bonchev–Trinajstić information content (AvgIpc) is 3.00. The Bertz CT molecular complexity index is 1210. The molecule has 3 aromatic rings. The zero-order chi connectivity index (χ0) is 21.4. The van der Waals surface area contributed by atoms with Crippen molar-refractivity contribution in [3.8, 4) is 5.69 Å². The van der Waals surface area contributed by atoms with Gasteiger partial charge in [0.2, 0.25) is 0 Å². The Morgan fingerprint density at radius 2 is 1.77 bits per heavy atom. The summed E-state index contributed by atoms with van der Waals surface area (Å²) < 4.78 is 1.99. The topological polar surface area (TPSA) is 84.3 Å². The molecule has 1 aliphatic heterocycles. The smallest absolute Gasteiger partial charge is 0.316 e. The molecule has 1 N–H and O–H groups in total. The molecule has 1 saturated heterocycles. The van der Waals surface area contributed by atoms with Gasteiger partial charge >= 0.3 is 6.03 Å². The average molecular weight is 400 g/mol. The number of aromatic nitrogens is 2. The van der Waals surface area contributed by atoms with Crippen LogP contribution in [0.15, 0.2) is 60.4 Å². The van der Waals surface area contributed by atoms with Crippen LogP contribution in [0.4, 0.5) is 10.5 Å². The lowest BCUT2D eigenvalue weighted by Crippen LogP contribution is -2.54. The maximum Gasteiger partial charge on any atom is 0.335 e. The number of amides is 4. The van der Waals surface area contributed by atoms with E-state index in [0.717, 1.165) is 27.5 Å². The lowest BCUT2D eigenvalue weighted by atomic mass is 10.1. The van der Waals surface area contributed by atoms with Crippen molar-refractivity contribution >= 4 is 29.6 Å². The van der Waals surface area contributed by atoms with Crippen LogP contribution in [-0.4, -0.2) is 27.4 Å². The number of carbonyl (C=O) groups excluding carboxylic acids is 3. The Morgan fingerprint density at radius 3 is 2.47 bits per heavy atom. The highest BCUT2D eigenvalue weighted by molar-refractivity contribution is 6.39. The Morgan fingerprint density at radius 1 is 1.00 bits per heavy atom. The van der Waals surface area contributed by atoms with Gasteiger partial charge in [0.05, 0.1) is 17.6 Å². The molecule has 3 heterocycles. The second-order valence-corrected chi connectivity index (χ2v) is 7.12. The molecule has 0 radical (unpaired) electrons. The van der Waals surface area contributed by atoms with Crippen LogP contribution in [0.2, 0.25) is 0 Å². The molecular weight excluding hydrogens is 380 g/mol. The van der Waals surface area contributed by atoms with E-state index < -0.39 is 17.8 Å². The van der Waals surface area contributed by atoms with Crippen LogP contribution >= 0.6 is 0 Å². The van der Waals surface area contributed by atoms with Crippen molar-refractivity contribution in [3.05, 3.63) is 82.9 Å². The third-order valence-corrected chi connectivity index (χ3v) is 5.13. The standard InChI is InChI=1S/C23H20N4O3/c1-14-7-4-5-9-20(14)27-22(29)19(21(28)25-23(27)30)12-17-11-15(2)26(16(17)3)18-8-6-10-24-13-18/h4-13H,1-3H3,(H,25,28,30)/b19-12+. The molecule has 0 aliphatic carbocycles. The first-order valence-corrected chi connectivity index (χ1v) is 9.45. The van der Waals surface area contributed by atoms with Crippen LogP contribution in [0.25, 0.3) is 11.8 Å². The van der Waals surface area contributed by atoms with E-state index in [9.17, 15) is 14.4 Å². The number of imide groups is 2. The second-order valence-electron chi connectivity index (χ2n) is 7.12. The molecule has 2 aromatic heterocycles. The van der Waals surface area contributed by atoms with Gasteiger partial charge < -0.3 is 4.57 Å². The van der Waals surface area contributed by atoms with Gasteiger partial charge in [-0.05, 0) is 62.2 Å². The Hall–Kier alpha value is -4.00. The highest BCUT2D eigenvalue weighted by Crippen LogP contribution is 2.27. The van der Waals surface area contributed by atoms with E-state index in [1.165, 1.54) is 6.08 Å². The molecule has 1 aromatic carbocycles. The van der Waals surface area contributed by atoms with Crippen LogP contribution in [-0.2, 0) is 9.59 Å². The van der Waals surface area contributed by atoms with Crippen LogP contribution in [0.3, 0.4) is 0 Å². The van der Waals surface area contributed by atoms with Gasteiger partial charge in [0.1, 0.15) is 5.57 Å². The number of rotatable bonds is 3. The molecular formula is C23H20N4O3. The van der Waals surface area contributed by atoms with E-state index in [2.05, 4.69) is 10.3 Å². The second kappa shape index (κ2) is 7.44. The van der Waals surface area contributed by atoms with Gasteiger partial charge in [-0.25, -0.2) is 9.69 Å². The number of hydrogen-bond donors (Lipinski definition) is 1. The highest BCUT2D eigenvalue weighted by Gasteiger charge is 2.37. The maximum absolute atomic E-state index is 13.1. The van der Waals surface area contributed by atoms with E-state index >= 15 is 0 Å². The summed E-state index contributed by atoms with van der Waals surface area (Å²) in [6.45, 7) is 5.65. The molecule has 4 amide bonds. The van der Waals surface area contributed by atoms with Crippen molar-refractivity contribution in [2.24, 2.45) is 0 Å². The number of carbonyl (C=O) groups is 3. The highest BCUT2D eigenvalue weighted by atomic mass is 16.2. The summed E-state index contributed by atoms with van der Waals surface area (Å²) in [4.78, 5) is 43.2. The summed E-state index contributed by atoms with van der Waals surface area (Å²) in [6, 6.07) is 12.0. The predicted octanol–water partition coefficient (Wildman–Crippen LogP) is 3.46. The molecule has 7 heteroatoms. The summed E-state index contributed by atoms with van der Waals surface area (Å²) in [5.74, 6) is -1.36. The summed E-state index contributed by atoms with van der Waals surface area (Å²) in [5.41, 5.74) is 4.49. The van der Waals surface area contributed by atoms with Gasteiger partial charge in [-0.2, -0.15) is 0 Å². The molecule has 0 saturated carbocycles. The fraction of sp³-hybridized carbons (Fsp3) is 0.130. The predicted molar refractivity (Wildman–Crippen MR) is 113 cm³/mol. The minimum absolute atomic E-state index is 0.0933. The number of anilines is 1. The Balaban J connectivity index is 1.78. The molecule has 1 aliphatic rings. The van der Waals surface area contributed by atoms with Crippen molar-refractivity contribution in [3.63, 3.8) is 0 Å². The number of barbiturate groups is 1. The molecule has 4 rings (SSSR count). The Kier molecular flexibility index (Phi) is 4.79. The van der Waals surface area contributed by atoms with Crippen LogP contribution in [0.1, 0.15) is 22.5 Å². The van der Waals surface area contributed by atoms with Gasteiger partial charge in [0.25, 0.3) is 11.8 Å². The van der Waals surface area contributed by atoms with Gasteiger partial charge in [-0.3, -0.25) is 19.9 Å². The molecule has 30 heavy (non-hydrogen) atoms. The molecule has 0 atom stereocenters. The number of para-hydroxylation sites is 1. The molecule has 7 nitrogen and oxygen atoms in total. The number of nitrogens with one attached hydrogen (secondary N) is 1. The first-order chi connectivity index (χ1) is 14.4. The van der Waals surface area contributed by atoms with Crippen molar-refractivity contribution < 1.29 is 14.4 Å². The fourth-order valence-corrected chi connectivity index (χ4v) is 3.66. The zero-order valence-corrected chi connectivity index (χ0v) is 16.8. The number of pyridine rings is 1. The van der Waals surface area contributed by atoms with E-state index in [1.54, 1.807) is 37.5 Å². The number of benzene rings is 1. The number of nitrogens with zero attached hydrogens (tertiary/aromatic N) is 3. The third kappa shape index (κ3) is 3.20. The quantitative estimate of drug-likeness (QED) is 0.539. The van der Waals surface area contributed by atoms with Crippen LogP contribution in [0, 0.1) is 20.8 Å². The van der Waals surface area contributed by atoms with Gasteiger partial charge in [-0.15, -0.1) is 0 Å². The van der Waals surface area contributed by atoms with Crippen molar-refractivity contribution in [1.82, 2.24) is 14.9 Å². The first-order valence-electron chi connectivity index (χ1n) is 9.45. The molecule has 0 unspecified atom stereocenters. The van der Waals surface area contributed by atoms with Crippen molar-refractivity contribution in [2.45, 2.75) is 20.8 Å². The largest absolute Gasteiger partial charge is 0.335 e. The monoisotopic (exact) mass is 400 g/mol. The number of urea groups is 1. The minimum Gasteiger partial charge on any atom is -0.316 e. The first kappa shape index (κ1) is 19.3. The van der Waals surface area contributed by atoms with Gasteiger partial charge in [0.15, 0.2) is 0 Å². The Labute approximate surface area is 173 Å². The SMILES string of the molecule is Cc1ccccc1N1C(=O)NC(=O)/C(=C\c2cc(C)n(-c3cccnc3)c2C)C1=O. The number of hydrogen-bond acceptors (Lipinski definition) is 4. The summed E-state index contributed by atoms with van der Waals surface area (Å²) in [7, 11) is 0. The third-order valence-electron chi connectivity index (χ3n) is 5.13. The van der Waals surface area contributed by atoms with E-state index in [1.807, 2.05) is 42.7 Å².